The van der Waals surface area contributed by atoms with Gasteiger partial charge in [0.25, 0.3) is 0 Å². The predicted octanol–water partition coefficient (Wildman–Crippen LogP) is 0.266. The second-order valence-corrected chi connectivity index (χ2v) is 4.89. The fourth-order valence-electron chi connectivity index (χ4n) is 1.49. The number of nitrogens with zero attached hydrogens (tertiary/aromatic N) is 1. The van der Waals surface area contributed by atoms with Crippen LogP contribution in [-0.4, -0.2) is 60.4 Å². The molecule has 7 heteroatoms. The minimum atomic E-state index is -0.711. The van der Waals surface area contributed by atoms with Crippen molar-refractivity contribution in [3.8, 4) is 0 Å². The molecule has 1 unspecified atom stereocenters. The number of methoxy groups -OCH3 is 1. The van der Waals surface area contributed by atoms with Crippen LogP contribution in [0.15, 0.2) is 0 Å². The van der Waals surface area contributed by atoms with Crippen molar-refractivity contribution in [3.05, 3.63) is 0 Å². The van der Waals surface area contributed by atoms with Crippen molar-refractivity contribution in [2.24, 2.45) is 0 Å². The van der Waals surface area contributed by atoms with E-state index in [1.807, 2.05) is 13.8 Å². The Balaban J connectivity index is 4.22. The van der Waals surface area contributed by atoms with Crippen LogP contribution in [0.5, 0.6) is 0 Å². The quantitative estimate of drug-likeness (QED) is 0.649. The Morgan fingerprint density at radius 1 is 1.26 bits per heavy atom. The molecule has 0 fully saturated rings. The molecule has 0 aromatic carbocycles. The fourth-order valence-corrected chi connectivity index (χ4v) is 2.42. The number of hydrogen-bond donors (Lipinski definition) is 1. The van der Waals surface area contributed by atoms with Gasteiger partial charge in [0.15, 0.2) is 0 Å². The summed E-state index contributed by atoms with van der Waals surface area (Å²) in [5.41, 5.74) is 0. The number of hydrogen-bond acceptors (Lipinski definition) is 5. The summed E-state index contributed by atoms with van der Waals surface area (Å²) in [6.07, 6.45) is 0. The van der Waals surface area contributed by atoms with Gasteiger partial charge in [-0.3, -0.25) is 9.59 Å². The van der Waals surface area contributed by atoms with E-state index in [-0.39, 0.29) is 17.6 Å². The van der Waals surface area contributed by atoms with Gasteiger partial charge in [0.2, 0.25) is 11.8 Å². The van der Waals surface area contributed by atoms with Crippen molar-refractivity contribution in [2.75, 3.05) is 31.7 Å². The van der Waals surface area contributed by atoms with E-state index in [9.17, 15) is 14.4 Å². The summed E-state index contributed by atoms with van der Waals surface area (Å²) < 4.78 is 4.60. The molecule has 0 spiro atoms. The lowest BCUT2D eigenvalue weighted by molar-refractivity contribution is -0.144. The molecule has 0 radical (unpaired) electrons. The highest BCUT2D eigenvalue weighted by Gasteiger charge is 2.21. The van der Waals surface area contributed by atoms with E-state index in [2.05, 4.69) is 10.1 Å². The maximum Gasteiger partial charge on any atom is 0.329 e. The van der Waals surface area contributed by atoms with Crippen LogP contribution in [0.25, 0.3) is 0 Å². The molecule has 0 aliphatic carbocycles. The van der Waals surface area contributed by atoms with Crippen LogP contribution in [-0.2, 0) is 19.1 Å². The first-order valence-corrected chi connectivity index (χ1v) is 7.32. The summed E-state index contributed by atoms with van der Waals surface area (Å²) in [6.45, 7) is 6.51. The Bertz CT molecular complexity index is 319. The Hall–Kier alpha value is -1.24. The zero-order valence-electron chi connectivity index (χ0n) is 11.9. The number of amides is 2. The molecule has 0 saturated carbocycles. The lowest BCUT2D eigenvalue weighted by Gasteiger charge is -2.19. The summed E-state index contributed by atoms with van der Waals surface area (Å²) >= 11 is 1.31. The van der Waals surface area contributed by atoms with E-state index in [1.54, 1.807) is 4.90 Å². The van der Waals surface area contributed by atoms with E-state index >= 15 is 0 Å². The van der Waals surface area contributed by atoms with E-state index in [0.717, 1.165) is 0 Å². The summed E-state index contributed by atoms with van der Waals surface area (Å²) in [5, 5.41) is 2.50. The number of thioether (sulfide) groups is 1. The molecule has 0 aliphatic rings. The molecular weight excluding hydrogens is 268 g/mol. The molecule has 0 aliphatic heterocycles. The van der Waals surface area contributed by atoms with Crippen molar-refractivity contribution in [1.29, 1.82) is 0 Å². The number of ether oxygens (including phenoxy) is 1. The van der Waals surface area contributed by atoms with Crippen LogP contribution in [0.4, 0.5) is 0 Å². The lowest BCUT2D eigenvalue weighted by Crippen LogP contribution is -2.42. The Labute approximate surface area is 118 Å². The normalized spacial score (nSPS) is 11.6. The zero-order valence-corrected chi connectivity index (χ0v) is 12.7. The molecule has 0 aromatic rings. The van der Waals surface area contributed by atoms with Crippen LogP contribution in [0, 0.1) is 0 Å². The second kappa shape index (κ2) is 9.66. The average Bonchev–Trinajstić information content (AvgIpc) is 2.37. The molecule has 0 aromatic heterocycles. The average molecular weight is 290 g/mol. The second-order valence-electron chi connectivity index (χ2n) is 3.86. The van der Waals surface area contributed by atoms with Crippen molar-refractivity contribution in [2.45, 2.75) is 26.8 Å². The molecule has 19 heavy (non-hydrogen) atoms. The van der Waals surface area contributed by atoms with Crippen LogP contribution in [0.2, 0.25) is 0 Å². The van der Waals surface area contributed by atoms with Gasteiger partial charge >= 0.3 is 5.97 Å². The maximum absolute atomic E-state index is 11.7. The lowest BCUT2D eigenvalue weighted by atomic mass is 10.3. The number of carbonyl (C=O) groups is 3. The van der Waals surface area contributed by atoms with E-state index in [0.29, 0.717) is 18.8 Å². The third-order valence-corrected chi connectivity index (χ3v) is 3.51. The smallest absolute Gasteiger partial charge is 0.329 e. The first-order chi connectivity index (χ1) is 8.96. The largest absolute Gasteiger partial charge is 0.467 e. The molecule has 0 saturated heterocycles. The van der Waals surface area contributed by atoms with Gasteiger partial charge < -0.3 is 15.0 Å². The summed E-state index contributed by atoms with van der Waals surface area (Å²) in [4.78, 5) is 35.9. The topological polar surface area (TPSA) is 75.7 Å². The number of nitrogens with one attached hydrogen (secondary N) is 1. The first-order valence-electron chi connectivity index (χ1n) is 6.16. The number of rotatable bonds is 8. The van der Waals surface area contributed by atoms with E-state index in [4.69, 9.17) is 0 Å². The highest BCUT2D eigenvalue weighted by atomic mass is 32.2. The third kappa shape index (κ3) is 7.05. The predicted molar refractivity (Wildman–Crippen MR) is 74.9 cm³/mol. The molecule has 0 bridgehead atoms. The Morgan fingerprint density at radius 2 is 1.84 bits per heavy atom. The van der Waals surface area contributed by atoms with Crippen LogP contribution < -0.4 is 5.32 Å². The SMILES string of the molecule is CCN(CC)C(=O)CSCC(NC(C)=O)C(=O)OC. The maximum atomic E-state index is 11.7. The molecule has 0 heterocycles. The first kappa shape index (κ1) is 17.8. The summed E-state index contributed by atoms with van der Waals surface area (Å²) in [6, 6.07) is -0.711. The van der Waals surface area contributed by atoms with Gasteiger partial charge in [-0.2, -0.15) is 0 Å². The molecule has 0 rings (SSSR count). The van der Waals surface area contributed by atoms with Gasteiger partial charge in [-0.05, 0) is 13.8 Å². The highest BCUT2D eigenvalue weighted by Crippen LogP contribution is 2.06. The van der Waals surface area contributed by atoms with Crippen LogP contribution >= 0.6 is 11.8 Å². The number of esters is 1. The standard InChI is InChI=1S/C12H22N2O4S/c1-5-14(6-2)11(16)8-19-7-10(12(17)18-4)13-9(3)15/h10H,5-8H2,1-4H3,(H,13,15). The minimum Gasteiger partial charge on any atom is -0.467 e. The van der Waals surface area contributed by atoms with Gasteiger partial charge in [0.05, 0.1) is 12.9 Å². The van der Waals surface area contributed by atoms with Crippen molar-refractivity contribution in [1.82, 2.24) is 10.2 Å². The Kier molecular flexibility index (Phi) is 9.03. The Morgan fingerprint density at radius 3 is 2.26 bits per heavy atom. The van der Waals surface area contributed by atoms with Gasteiger partial charge in [-0.25, -0.2) is 4.79 Å². The summed E-state index contributed by atoms with van der Waals surface area (Å²) in [5.74, 6) is -0.168. The molecule has 1 N–H and O–H groups in total. The van der Waals surface area contributed by atoms with E-state index < -0.39 is 12.0 Å². The van der Waals surface area contributed by atoms with Gasteiger partial charge in [-0.1, -0.05) is 0 Å². The van der Waals surface area contributed by atoms with Crippen LogP contribution in [0.1, 0.15) is 20.8 Å². The zero-order chi connectivity index (χ0) is 14.8. The van der Waals surface area contributed by atoms with Crippen molar-refractivity contribution in [3.63, 3.8) is 0 Å². The van der Waals surface area contributed by atoms with E-state index in [1.165, 1.54) is 25.8 Å². The van der Waals surface area contributed by atoms with Crippen molar-refractivity contribution >= 4 is 29.5 Å². The molecule has 2 amide bonds. The van der Waals surface area contributed by atoms with Gasteiger partial charge in [-0.15, -0.1) is 11.8 Å². The monoisotopic (exact) mass is 290 g/mol. The van der Waals surface area contributed by atoms with Crippen LogP contribution in [0.3, 0.4) is 0 Å². The molecular formula is C12H22N2O4S. The highest BCUT2D eigenvalue weighted by molar-refractivity contribution is 8.00. The molecule has 110 valence electrons. The summed E-state index contributed by atoms with van der Waals surface area (Å²) in [7, 11) is 1.27. The molecule has 6 nitrogen and oxygen atoms in total. The third-order valence-electron chi connectivity index (χ3n) is 2.49. The molecule has 1 atom stereocenters. The van der Waals surface area contributed by atoms with Gasteiger partial charge in [0, 0.05) is 25.8 Å². The fraction of sp³-hybridized carbons (Fsp3) is 0.750. The minimum absolute atomic E-state index is 0.0291. The van der Waals surface area contributed by atoms with Crippen molar-refractivity contribution < 1.29 is 19.1 Å². The van der Waals surface area contributed by atoms with Gasteiger partial charge in [0.1, 0.15) is 6.04 Å². The number of carbonyl (C=O) groups excluding carboxylic acids is 3.